The van der Waals surface area contributed by atoms with Crippen LogP contribution in [0.3, 0.4) is 0 Å². The first-order chi connectivity index (χ1) is 8.19. The highest BCUT2D eigenvalue weighted by atomic mass is 16.5. The van der Waals surface area contributed by atoms with Gasteiger partial charge in [-0.15, -0.1) is 5.10 Å². The maximum atomic E-state index is 10.6. The monoisotopic (exact) mass is 237 g/mol. The molecular weight excluding hydrogens is 226 g/mol. The number of aromatic carboxylic acids is 1. The minimum absolute atomic E-state index is 0.113. The molecule has 0 spiro atoms. The van der Waals surface area contributed by atoms with Crippen LogP contribution in [0.2, 0.25) is 0 Å². The van der Waals surface area contributed by atoms with Gasteiger partial charge in [0.25, 0.3) is 0 Å². The molecule has 0 amide bonds. The normalized spacial score (nSPS) is 10.6. The summed E-state index contributed by atoms with van der Waals surface area (Å²) in [6.45, 7) is 2.24. The van der Waals surface area contributed by atoms with Crippen LogP contribution in [0.1, 0.15) is 35.5 Å². The number of hydrogen-bond donors (Lipinski definition) is 1. The molecule has 8 nitrogen and oxygen atoms in total. The maximum Gasteiger partial charge on any atom is 0.358 e. The molecule has 90 valence electrons. The van der Waals surface area contributed by atoms with Crippen LogP contribution < -0.4 is 0 Å². The molecule has 17 heavy (non-hydrogen) atoms. The molecule has 0 fully saturated rings. The van der Waals surface area contributed by atoms with Gasteiger partial charge in [-0.25, -0.2) is 9.48 Å². The lowest BCUT2D eigenvalue weighted by Crippen LogP contribution is -2.01. The summed E-state index contributed by atoms with van der Waals surface area (Å²) < 4.78 is 6.33. The third kappa shape index (κ3) is 2.65. The Kier molecular flexibility index (Phi) is 3.12. The number of aryl methyl sites for hydroxylation is 1. The van der Waals surface area contributed by atoms with Crippen LogP contribution in [0.15, 0.2) is 10.7 Å². The Morgan fingerprint density at radius 2 is 2.41 bits per heavy atom. The van der Waals surface area contributed by atoms with Crippen molar-refractivity contribution in [2.24, 2.45) is 0 Å². The van der Waals surface area contributed by atoms with Gasteiger partial charge in [-0.05, 0) is 6.42 Å². The van der Waals surface area contributed by atoms with Crippen molar-refractivity contribution in [2.45, 2.75) is 26.3 Å². The van der Waals surface area contributed by atoms with Crippen LogP contribution >= 0.6 is 0 Å². The molecular formula is C9H11N5O3. The molecule has 8 heteroatoms. The summed E-state index contributed by atoms with van der Waals surface area (Å²) in [6, 6.07) is 0. The molecule has 0 aromatic carbocycles. The molecule has 2 aromatic rings. The number of carbonyl (C=O) groups is 1. The first kappa shape index (κ1) is 11.2. The smallest absolute Gasteiger partial charge is 0.358 e. The van der Waals surface area contributed by atoms with Crippen molar-refractivity contribution in [3.63, 3.8) is 0 Å². The SMILES string of the molecule is CCCc1noc(Cn2cc(C(=O)O)nn2)n1. The van der Waals surface area contributed by atoms with Crippen LogP contribution in [-0.2, 0) is 13.0 Å². The first-order valence-electron chi connectivity index (χ1n) is 5.14. The summed E-state index contributed by atoms with van der Waals surface area (Å²) in [5.41, 5.74) is -0.113. The van der Waals surface area contributed by atoms with Crippen LogP contribution in [0.25, 0.3) is 0 Å². The Morgan fingerprint density at radius 1 is 1.59 bits per heavy atom. The Labute approximate surface area is 96.2 Å². The van der Waals surface area contributed by atoms with E-state index in [9.17, 15) is 4.79 Å². The van der Waals surface area contributed by atoms with Crippen molar-refractivity contribution in [1.29, 1.82) is 0 Å². The van der Waals surface area contributed by atoms with E-state index in [-0.39, 0.29) is 12.2 Å². The minimum Gasteiger partial charge on any atom is -0.476 e. The third-order valence-corrected chi connectivity index (χ3v) is 2.04. The van der Waals surface area contributed by atoms with Crippen molar-refractivity contribution < 1.29 is 14.4 Å². The molecule has 2 aromatic heterocycles. The minimum atomic E-state index is -1.12. The zero-order valence-electron chi connectivity index (χ0n) is 9.20. The zero-order chi connectivity index (χ0) is 12.3. The predicted octanol–water partition coefficient (Wildman–Crippen LogP) is 0.360. The molecule has 1 N–H and O–H groups in total. The van der Waals surface area contributed by atoms with E-state index in [2.05, 4.69) is 20.5 Å². The number of hydrogen-bond acceptors (Lipinski definition) is 6. The van der Waals surface area contributed by atoms with Crippen LogP contribution in [0.4, 0.5) is 0 Å². The van der Waals surface area contributed by atoms with E-state index in [1.165, 1.54) is 10.9 Å². The van der Waals surface area contributed by atoms with Gasteiger partial charge in [-0.3, -0.25) is 0 Å². The summed E-state index contributed by atoms with van der Waals surface area (Å²) in [5, 5.41) is 19.6. The van der Waals surface area contributed by atoms with E-state index in [0.717, 1.165) is 12.8 Å². The summed E-state index contributed by atoms with van der Waals surface area (Å²) in [7, 11) is 0. The van der Waals surface area contributed by atoms with Gasteiger partial charge in [0, 0.05) is 6.42 Å². The highest BCUT2D eigenvalue weighted by Gasteiger charge is 2.11. The Hall–Kier alpha value is -2.25. The van der Waals surface area contributed by atoms with Crippen molar-refractivity contribution >= 4 is 5.97 Å². The fourth-order valence-corrected chi connectivity index (χ4v) is 1.29. The van der Waals surface area contributed by atoms with E-state index in [1.807, 2.05) is 6.92 Å². The van der Waals surface area contributed by atoms with Gasteiger partial charge in [-0.2, -0.15) is 4.98 Å². The second-order valence-corrected chi connectivity index (χ2v) is 3.46. The highest BCUT2D eigenvalue weighted by molar-refractivity contribution is 5.84. The van der Waals surface area contributed by atoms with Crippen molar-refractivity contribution in [3.8, 4) is 0 Å². The summed E-state index contributed by atoms with van der Waals surface area (Å²) in [4.78, 5) is 14.7. The molecule has 0 saturated carbocycles. The summed E-state index contributed by atoms with van der Waals surface area (Å²) >= 11 is 0. The second-order valence-electron chi connectivity index (χ2n) is 3.46. The molecule has 0 unspecified atom stereocenters. The second kappa shape index (κ2) is 4.73. The number of carboxylic acid groups (broad SMARTS) is 1. The molecule has 0 aliphatic rings. The number of nitrogens with zero attached hydrogens (tertiary/aromatic N) is 5. The van der Waals surface area contributed by atoms with Crippen molar-refractivity contribution in [3.05, 3.63) is 23.6 Å². The topological polar surface area (TPSA) is 107 Å². The molecule has 0 aliphatic carbocycles. The van der Waals surface area contributed by atoms with Crippen LogP contribution in [0, 0.1) is 0 Å². The standard InChI is InChI=1S/C9H11N5O3/c1-2-3-7-10-8(17-12-7)5-14-4-6(9(15)16)11-13-14/h4H,2-3,5H2,1H3,(H,15,16). The van der Waals surface area contributed by atoms with E-state index >= 15 is 0 Å². The molecule has 0 aliphatic heterocycles. The van der Waals surface area contributed by atoms with E-state index in [0.29, 0.717) is 11.7 Å². The molecule has 0 atom stereocenters. The van der Waals surface area contributed by atoms with E-state index in [4.69, 9.17) is 9.63 Å². The van der Waals surface area contributed by atoms with Gasteiger partial charge in [0.1, 0.15) is 6.54 Å². The third-order valence-electron chi connectivity index (χ3n) is 2.04. The van der Waals surface area contributed by atoms with Gasteiger partial charge >= 0.3 is 5.97 Å². The summed E-state index contributed by atoms with van der Waals surface area (Å²) in [6.07, 6.45) is 3.00. The Balaban J connectivity index is 2.05. The summed E-state index contributed by atoms with van der Waals surface area (Å²) in [5.74, 6) is -0.0928. The van der Waals surface area contributed by atoms with Crippen LogP contribution in [-0.4, -0.2) is 36.2 Å². The Morgan fingerprint density at radius 3 is 3.06 bits per heavy atom. The van der Waals surface area contributed by atoms with Gasteiger partial charge in [0.05, 0.1) is 6.20 Å². The largest absolute Gasteiger partial charge is 0.476 e. The predicted molar refractivity (Wildman–Crippen MR) is 54.4 cm³/mol. The fourth-order valence-electron chi connectivity index (χ4n) is 1.29. The van der Waals surface area contributed by atoms with Gasteiger partial charge in [0.2, 0.25) is 5.89 Å². The first-order valence-corrected chi connectivity index (χ1v) is 5.14. The maximum absolute atomic E-state index is 10.6. The molecule has 0 saturated heterocycles. The Bertz CT molecular complexity index is 518. The van der Waals surface area contributed by atoms with Crippen LogP contribution in [0.5, 0.6) is 0 Å². The van der Waals surface area contributed by atoms with E-state index < -0.39 is 5.97 Å². The lowest BCUT2D eigenvalue weighted by Gasteiger charge is -1.91. The quantitative estimate of drug-likeness (QED) is 0.799. The average molecular weight is 237 g/mol. The number of carboxylic acids is 1. The highest BCUT2D eigenvalue weighted by Crippen LogP contribution is 2.02. The van der Waals surface area contributed by atoms with Crippen molar-refractivity contribution in [2.75, 3.05) is 0 Å². The molecule has 0 radical (unpaired) electrons. The van der Waals surface area contributed by atoms with E-state index in [1.54, 1.807) is 0 Å². The number of rotatable bonds is 5. The lowest BCUT2D eigenvalue weighted by molar-refractivity contribution is 0.0690. The average Bonchev–Trinajstić information content (AvgIpc) is 2.89. The fraction of sp³-hybridized carbons (Fsp3) is 0.444. The molecule has 2 rings (SSSR count). The van der Waals surface area contributed by atoms with Crippen molar-refractivity contribution in [1.82, 2.24) is 25.1 Å². The lowest BCUT2D eigenvalue weighted by atomic mass is 10.3. The van der Waals surface area contributed by atoms with Gasteiger partial charge in [0.15, 0.2) is 11.5 Å². The zero-order valence-corrected chi connectivity index (χ0v) is 9.20. The molecule has 0 bridgehead atoms. The van der Waals surface area contributed by atoms with Gasteiger partial charge < -0.3 is 9.63 Å². The van der Waals surface area contributed by atoms with Gasteiger partial charge in [-0.1, -0.05) is 17.3 Å². The molecule has 2 heterocycles. The number of aromatic nitrogens is 5.